The summed E-state index contributed by atoms with van der Waals surface area (Å²) in [6.07, 6.45) is 1.01. The van der Waals surface area contributed by atoms with E-state index in [1.807, 2.05) is 0 Å². The first-order chi connectivity index (χ1) is 5.66. The highest BCUT2D eigenvalue weighted by atomic mass is 35.5. The fourth-order valence-electron chi connectivity index (χ4n) is 2.00. The maximum Gasteiger partial charge on any atom is 0.268 e. The van der Waals surface area contributed by atoms with E-state index in [-0.39, 0.29) is 25.4 Å². The van der Waals surface area contributed by atoms with Crippen molar-refractivity contribution in [2.24, 2.45) is 0 Å². The van der Waals surface area contributed by atoms with E-state index in [0.29, 0.717) is 26.0 Å². The number of halogens is 3. The van der Waals surface area contributed by atoms with Crippen molar-refractivity contribution in [3.05, 3.63) is 0 Å². The molecule has 1 unspecified atom stereocenters. The summed E-state index contributed by atoms with van der Waals surface area (Å²) in [6.45, 7) is 1.32. The quantitative estimate of drug-likeness (QED) is 0.660. The van der Waals surface area contributed by atoms with Crippen LogP contribution in [0, 0.1) is 0 Å². The van der Waals surface area contributed by atoms with E-state index in [1.165, 1.54) is 0 Å². The molecule has 78 valence electrons. The molecule has 0 aliphatic carbocycles. The van der Waals surface area contributed by atoms with Crippen LogP contribution >= 0.6 is 12.4 Å². The third kappa shape index (κ3) is 1.67. The Morgan fingerprint density at radius 3 is 2.54 bits per heavy atom. The maximum atomic E-state index is 13.4. The molecule has 1 N–H and O–H groups in total. The van der Waals surface area contributed by atoms with Crippen LogP contribution in [0.3, 0.4) is 0 Å². The number of rotatable bonds is 0. The van der Waals surface area contributed by atoms with Crippen molar-refractivity contribution in [1.82, 2.24) is 5.32 Å². The number of hydrogen-bond donors (Lipinski definition) is 1. The molecule has 0 radical (unpaired) electrons. The minimum atomic E-state index is -2.58. The molecule has 1 atom stereocenters. The predicted octanol–water partition coefficient (Wildman–Crippen LogP) is 1.59. The molecule has 1 spiro atoms. The fraction of sp³-hybridized carbons (Fsp3) is 1.00. The van der Waals surface area contributed by atoms with Crippen molar-refractivity contribution in [3.63, 3.8) is 0 Å². The Kier molecular flexibility index (Phi) is 3.15. The van der Waals surface area contributed by atoms with Crippen molar-refractivity contribution < 1.29 is 13.5 Å². The number of piperidine rings is 1. The number of nitrogens with one attached hydrogen (secondary N) is 1. The first kappa shape index (κ1) is 11.1. The summed E-state index contributed by atoms with van der Waals surface area (Å²) >= 11 is 0. The van der Waals surface area contributed by atoms with Gasteiger partial charge in [0.05, 0.1) is 6.61 Å². The fourth-order valence-corrected chi connectivity index (χ4v) is 2.00. The Balaban J connectivity index is 0.000000845. The molecule has 2 fully saturated rings. The Morgan fingerprint density at radius 1 is 1.23 bits per heavy atom. The van der Waals surface area contributed by atoms with Gasteiger partial charge in [-0.25, -0.2) is 8.78 Å². The number of ether oxygens (including phenoxy) is 1. The smallest absolute Gasteiger partial charge is 0.268 e. The summed E-state index contributed by atoms with van der Waals surface area (Å²) in [5.41, 5.74) is -1.04. The van der Waals surface area contributed by atoms with Gasteiger partial charge in [0.2, 0.25) is 0 Å². The van der Waals surface area contributed by atoms with Gasteiger partial charge in [0, 0.05) is 13.0 Å². The molecule has 2 aliphatic heterocycles. The van der Waals surface area contributed by atoms with Gasteiger partial charge in [0.1, 0.15) is 5.54 Å². The Bertz CT molecular complexity index is 183. The molecular weight excluding hydrogens is 200 g/mol. The summed E-state index contributed by atoms with van der Waals surface area (Å²) in [5.74, 6) is -2.58. The van der Waals surface area contributed by atoms with E-state index in [1.54, 1.807) is 0 Å². The lowest BCUT2D eigenvalue weighted by Crippen LogP contribution is -2.62. The van der Waals surface area contributed by atoms with Crippen molar-refractivity contribution in [2.75, 3.05) is 19.8 Å². The Hall–Kier alpha value is 0.0700. The van der Waals surface area contributed by atoms with Crippen LogP contribution in [0.15, 0.2) is 0 Å². The molecular formula is C8H14ClF2NO. The lowest BCUT2D eigenvalue weighted by molar-refractivity contribution is -0.113. The summed E-state index contributed by atoms with van der Waals surface area (Å²) in [6, 6.07) is 0. The zero-order chi connectivity index (χ0) is 8.66. The molecule has 2 nitrogen and oxygen atoms in total. The van der Waals surface area contributed by atoms with E-state index in [2.05, 4.69) is 5.32 Å². The van der Waals surface area contributed by atoms with Crippen molar-refractivity contribution in [1.29, 1.82) is 0 Å². The van der Waals surface area contributed by atoms with Gasteiger partial charge in [-0.05, 0) is 19.4 Å². The van der Waals surface area contributed by atoms with Gasteiger partial charge in [-0.1, -0.05) is 0 Å². The second-order valence-electron chi connectivity index (χ2n) is 3.62. The molecule has 0 aromatic carbocycles. The van der Waals surface area contributed by atoms with E-state index >= 15 is 0 Å². The van der Waals surface area contributed by atoms with Gasteiger partial charge in [-0.3, -0.25) is 0 Å². The van der Waals surface area contributed by atoms with Crippen LogP contribution in [0.1, 0.15) is 19.3 Å². The van der Waals surface area contributed by atoms with Gasteiger partial charge in [0.25, 0.3) is 5.92 Å². The van der Waals surface area contributed by atoms with Crippen LogP contribution in [0.2, 0.25) is 0 Å². The summed E-state index contributed by atoms with van der Waals surface area (Å²) in [4.78, 5) is 0. The lowest BCUT2D eigenvalue weighted by atomic mass is 9.84. The minimum Gasteiger partial charge on any atom is -0.379 e. The van der Waals surface area contributed by atoms with Crippen LogP contribution in [0.4, 0.5) is 8.78 Å². The lowest BCUT2D eigenvalue weighted by Gasteiger charge is -2.40. The largest absolute Gasteiger partial charge is 0.379 e. The SMILES string of the molecule is Cl.FC1(F)CCCNC12CCOC2. The Morgan fingerprint density at radius 2 is 2.00 bits per heavy atom. The first-order valence-electron chi connectivity index (χ1n) is 4.37. The monoisotopic (exact) mass is 213 g/mol. The van der Waals surface area contributed by atoms with Crippen LogP contribution in [-0.4, -0.2) is 31.2 Å². The zero-order valence-corrected chi connectivity index (χ0v) is 8.13. The normalized spacial score (nSPS) is 37.4. The van der Waals surface area contributed by atoms with E-state index in [4.69, 9.17) is 4.74 Å². The van der Waals surface area contributed by atoms with Crippen LogP contribution < -0.4 is 5.32 Å². The molecule has 2 saturated heterocycles. The standard InChI is InChI=1S/C8H13F2NO.ClH/c9-8(10)2-1-4-11-7(8)3-5-12-6-7;/h11H,1-6H2;1H. The molecule has 0 amide bonds. The third-order valence-electron chi connectivity index (χ3n) is 2.85. The molecule has 2 heterocycles. The average molecular weight is 214 g/mol. The maximum absolute atomic E-state index is 13.4. The molecule has 2 aliphatic rings. The van der Waals surface area contributed by atoms with Gasteiger partial charge < -0.3 is 10.1 Å². The van der Waals surface area contributed by atoms with Gasteiger partial charge in [0.15, 0.2) is 0 Å². The molecule has 5 heteroatoms. The van der Waals surface area contributed by atoms with Gasteiger partial charge in [-0.2, -0.15) is 0 Å². The average Bonchev–Trinajstić information content (AvgIpc) is 2.46. The molecule has 0 aromatic rings. The second-order valence-corrected chi connectivity index (χ2v) is 3.62. The van der Waals surface area contributed by atoms with Crippen molar-refractivity contribution >= 4 is 12.4 Å². The van der Waals surface area contributed by atoms with Crippen LogP contribution in [-0.2, 0) is 4.74 Å². The number of hydrogen-bond acceptors (Lipinski definition) is 2. The van der Waals surface area contributed by atoms with Crippen molar-refractivity contribution in [2.45, 2.75) is 30.7 Å². The first-order valence-corrected chi connectivity index (χ1v) is 4.37. The highest BCUT2D eigenvalue weighted by Crippen LogP contribution is 2.41. The summed E-state index contributed by atoms with van der Waals surface area (Å²) in [7, 11) is 0. The van der Waals surface area contributed by atoms with Crippen LogP contribution in [0.5, 0.6) is 0 Å². The number of alkyl halides is 2. The van der Waals surface area contributed by atoms with Crippen molar-refractivity contribution in [3.8, 4) is 0 Å². The molecule has 2 rings (SSSR count). The molecule has 0 saturated carbocycles. The van der Waals surface area contributed by atoms with E-state index < -0.39 is 11.5 Å². The zero-order valence-electron chi connectivity index (χ0n) is 7.32. The highest BCUT2D eigenvalue weighted by molar-refractivity contribution is 5.85. The van der Waals surface area contributed by atoms with Crippen LogP contribution in [0.25, 0.3) is 0 Å². The minimum absolute atomic E-state index is 0. The molecule has 0 bridgehead atoms. The molecule has 0 aromatic heterocycles. The topological polar surface area (TPSA) is 21.3 Å². The van der Waals surface area contributed by atoms with Gasteiger partial charge in [-0.15, -0.1) is 12.4 Å². The third-order valence-corrected chi connectivity index (χ3v) is 2.85. The van der Waals surface area contributed by atoms with E-state index in [0.717, 1.165) is 0 Å². The van der Waals surface area contributed by atoms with Gasteiger partial charge >= 0.3 is 0 Å². The molecule has 13 heavy (non-hydrogen) atoms. The van der Waals surface area contributed by atoms with E-state index in [9.17, 15) is 8.78 Å². The Labute approximate surface area is 82.4 Å². The predicted molar refractivity (Wildman–Crippen MR) is 47.6 cm³/mol. The highest BCUT2D eigenvalue weighted by Gasteiger charge is 2.56. The summed E-state index contributed by atoms with van der Waals surface area (Å²) in [5, 5.41) is 2.91. The second kappa shape index (κ2) is 3.67. The summed E-state index contributed by atoms with van der Waals surface area (Å²) < 4.78 is 31.9.